The number of aryl methyl sites for hydroxylation is 2. The molecular weight excluding hydrogens is 460 g/mol. The molecule has 0 spiro atoms. The summed E-state index contributed by atoms with van der Waals surface area (Å²) in [5.41, 5.74) is 4.44. The van der Waals surface area contributed by atoms with Crippen LogP contribution in [0.25, 0.3) is 0 Å². The third-order valence-electron chi connectivity index (χ3n) is 6.99. The zero-order chi connectivity index (χ0) is 25.6. The summed E-state index contributed by atoms with van der Waals surface area (Å²) < 4.78 is 32.7. The Labute approximate surface area is 211 Å². The topological polar surface area (TPSA) is 75.7 Å². The summed E-state index contributed by atoms with van der Waals surface area (Å²) in [5, 5.41) is 3.17. The van der Waals surface area contributed by atoms with Crippen LogP contribution in [-0.2, 0) is 21.2 Å². The van der Waals surface area contributed by atoms with Crippen LogP contribution in [0.5, 0.6) is 5.75 Å². The van der Waals surface area contributed by atoms with Crippen molar-refractivity contribution < 1.29 is 17.9 Å². The van der Waals surface area contributed by atoms with E-state index in [1.165, 1.54) is 0 Å². The summed E-state index contributed by atoms with van der Waals surface area (Å²) in [6.45, 7) is 9.10. The molecule has 1 N–H and O–H groups in total. The maximum absolute atomic E-state index is 13.0. The molecule has 2 aromatic carbocycles. The minimum absolute atomic E-state index is 0.0000550. The molecule has 1 heterocycles. The van der Waals surface area contributed by atoms with Gasteiger partial charge in [0.1, 0.15) is 5.75 Å². The molecule has 1 fully saturated rings. The largest absolute Gasteiger partial charge is 0.496 e. The smallest absolute Gasteiger partial charge is 0.223 e. The summed E-state index contributed by atoms with van der Waals surface area (Å²) in [6, 6.07) is 14.0. The van der Waals surface area contributed by atoms with Crippen LogP contribution in [0.2, 0.25) is 0 Å². The van der Waals surface area contributed by atoms with E-state index in [4.69, 9.17) is 4.74 Å². The number of hydrogen-bond donors (Lipinski definition) is 1. The van der Waals surface area contributed by atoms with Crippen LogP contribution in [0.4, 0.5) is 0 Å². The van der Waals surface area contributed by atoms with Crippen LogP contribution in [0.15, 0.2) is 42.5 Å². The molecule has 0 unspecified atom stereocenters. The van der Waals surface area contributed by atoms with Crippen molar-refractivity contribution in [1.29, 1.82) is 0 Å². The molecule has 0 aliphatic carbocycles. The molecule has 7 heteroatoms. The molecule has 0 bridgehead atoms. The Morgan fingerprint density at radius 1 is 1.09 bits per heavy atom. The zero-order valence-corrected chi connectivity index (χ0v) is 22.5. The number of carbonyl (C=O) groups excluding carboxylic acids is 1. The van der Waals surface area contributed by atoms with Crippen LogP contribution >= 0.6 is 0 Å². The van der Waals surface area contributed by atoms with Gasteiger partial charge in [-0.15, -0.1) is 0 Å². The highest BCUT2D eigenvalue weighted by molar-refractivity contribution is 7.89. The molecule has 3 rings (SSSR count). The Balaban J connectivity index is 1.53. The molecule has 1 amide bonds. The normalized spacial score (nSPS) is 16.3. The van der Waals surface area contributed by atoms with Crippen molar-refractivity contribution in [2.45, 2.75) is 65.3 Å². The second-order valence-electron chi connectivity index (χ2n) is 9.91. The average molecular weight is 501 g/mol. The van der Waals surface area contributed by atoms with Crippen LogP contribution in [-0.4, -0.2) is 44.6 Å². The maximum atomic E-state index is 13.0. The number of rotatable bonds is 10. The van der Waals surface area contributed by atoms with E-state index < -0.39 is 10.0 Å². The Morgan fingerprint density at radius 2 is 1.74 bits per heavy atom. The molecule has 6 nitrogen and oxygen atoms in total. The van der Waals surface area contributed by atoms with E-state index in [1.54, 1.807) is 11.4 Å². The summed E-state index contributed by atoms with van der Waals surface area (Å²) in [4.78, 5) is 13.0. The van der Waals surface area contributed by atoms with Gasteiger partial charge in [-0.3, -0.25) is 4.79 Å². The number of carbonyl (C=O) groups is 1. The molecule has 1 atom stereocenters. The number of sulfonamides is 1. The van der Waals surface area contributed by atoms with E-state index in [0.29, 0.717) is 38.3 Å². The van der Waals surface area contributed by atoms with Crippen molar-refractivity contribution in [2.75, 3.05) is 26.0 Å². The van der Waals surface area contributed by atoms with Crippen molar-refractivity contribution in [3.63, 3.8) is 0 Å². The molecule has 0 radical (unpaired) electrons. The van der Waals surface area contributed by atoms with Crippen molar-refractivity contribution in [2.24, 2.45) is 5.92 Å². The first-order valence-corrected chi connectivity index (χ1v) is 14.2. The number of ether oxygens (including phenoxy) is 1. The summed E-state index contributed by atoms with van der Waals surface area (Å²) in [6.07, 6.45) is 2.45. The van der Waals surface area contributed by atoms with E-state index in [0.717, 1.165) is 34.4 Å². The summed E-state index contributed by atoms with van der Waals surface area (Å²) in [7, 11) is -1.62. The molecular formula is C28H40N2O4S. The predicted molar refractivity (Wildman–Crippen MR) is 141 cm³/mol. The predicted octanol–water partition coefficient (Wildman–Crippen LogP) is 4.98. The second-order valence-corrected chi connectivity index (χ2v) is 12.0. The van der Waals surface area contributed by atoms with Gasteiger partial charge < -0.3 is 10.1 Å². The molecule has 1 aliphatic heterocycles. The van der Waals surface area contributed by atoms with E-state index in [2.05, 4.69) is 25.2 Å². The SMILES string of the molecule is COc1cc(C)c([C@H](C)NC(=O)C2CCN(S(=O)(=O)CCCc3ccccc3)CC2)cc1C(C)C. The molecule has 0 aromatic heterocycles. The van der Waals surface area contributed by atoms with Gasteiger partial charge in [0.05, 0.1) is 18.9 Å². The highest BCUT2D eigenvalue weighted by atomic mass is 32.2. The lowest BCUT2D eigenvalue weighted by molar-refractivity contribution is -0.126. The van der Waals surface area contributed by atoms with Gasteiger partial charge in [0, 0.05) is 19.0 Å². The van der Waals surface area contributed by atoms with Crippen molar-refractivity contribution in [1.82, 2.24) is 9.62 Å². The van der Waals surface area contributed by atoms with Gasteiger partial charge in [-0.2, -0.15) is 0 Å². The molecule has 1 aliphatic rings. The number of benzene rings is 2. The van der Waals surface area contributed by atoms with Gasteiger partial charge in [-0.25, -0.2) is 12.7 Å². The Bertz CT molecular complexity index is 1090. The van der Waals surface area contributed by atoms with Gasteiger partial charge in [0.15, 0.2) is 0 Å². The number of amides is 1. The molecule has 0 saturated carbocycles. The summed E-state index contributed by atoms with van der Waals surface area (Å²) >= 11 is 0. The Morgan fingerprint density at radius 3 is 2.34 bits per heavy atom. The average Bonchev–Trinajstić information content (AvgIpc) is 2.84. The minimum atomic E-state index is -3.30. The molecule has 35 heavy (non-hydrogen) atoms. The third kappa shape index (κ3) is 7.07. The first kappa shape index (κ1) is 27.2. The van der Waals surface area contributed by atoms with Crippen LogP contribution in [0, 0.1) is 12.8 Å². The number of methoxy groups -OCH3 is 1. The fourth-order valence-corrected chi connectivity index (χ4v) is 6.38. The van der Waals surface area contributed by atoms with E-state index in [-0.39, 0.29) is 23.6 Å². The number of nitrogens with one attached hydrogen (secondary N) is 1. The maximum Gasteiger partial charge on any atom is 0.223 e. The quantitative estimate of drug-likeness (QED) is 0.499. The molecule has 2 aromatic rings. The van der Waals surface area contributed by atoms with E-state index >= 15 is 0 Å². The van der Waals surface area contributed by atoms with Gasteiger partial charge >= 0.3 is 0 Å². The standard InChI is InChI=1S/C28H40N2O4S/c1-20(2)25-19-26(21(3)18-27(25)34-5)22(4)29-28(31)24-13-15-30(16-14-24)35(32,33)17-9-12-23-10-7-6-8-11-23/h6-8,10-11,18-20,22,24H,9,12-17H2,1-5H3,(H,29,31)/t22-/m0/s1. The lowest BCUT2D eigenvalue weighted by atomic mass is 9.92. The second kappa shape index (κ2) is 12.0. The van der Waals surface area contributed by atoms with E-state index in [9.17, 15) is 13.2 Å². The number of nitrogens with zero attached hydrogens (tertiary/aromatic N) is 1. The van der Waals surface area contributed by atoms with E-state index in [1.807, 2.05) is 50.2 Å². The minimum Gasteiger partial charge on any atom is -0.496 e. The van der Waals surface area contributed by atoms with Gasteiger partial charge in [-0.05, 0) is 79.8 Å². The van der Waals surface area contributed by atoms with Crippen LogP contribution < -0.4 is 10.1 Å². The van der Waals surface area contributed by atoms with Gasteiger partial charge in [-0.1, -0.05) is 44.2 Å². The van der Waals surface area contributed by atoms with Crippen LogP contribution in [0.1, 0.15) is 74.2 Å². The van der Waals surface area contributed by atoms with Gasteiger partial charge in [0.25, 0.3) is 0 Å². The summed E-state index contributed by atoms with van der Waals surface area (Å²) in [5.74, 6) is 1.16. The molecule has 192 valence electrons. The monoisotopic (exact) mass is 500 g/mol. The first-order valence-electron chi connectivity index (χ1n) is 12.6. The first-order chi connectivity index (χ1) is 16.6. The highest BCUT2D eigenvalue weighted by Crippen LogP contribution is 2.32. The van der Waals surface area contributed by atoms with Gasteiger partial charge in [0.2, 0.25) is 15.9 Å². The third-order valence-corrected chi connectivity index (χ3v) is 8.95. The number of hydrogen-bond acceptors (Lipinski definition) is 4. The highest BCUT2D eigenvalue weighted by Gasteiger charge is 2.31. The Hall–Kier alpha value is -2.38. The fraction of sp³-hybridized carbons (Fsp3) is 0.536. The zero-order valence-electron chi connectivity index (χ0n) is 21.7. The Kier molecular flexibility index (Phi) is 9.36. The fourth-order valence-electron chi connectivity index (χ4n) is 4.85. The van der Waals surface area contributed by atoms with Crippen LogP contribution in [0.3, 0.4) is 0 Å². The van der Waals surface area contributed by atoms with Crippen molar-refractivity contribution in [3.05, 3.63) is 64.7 Å². The van der Waals surface area contributed by atoms with Crippen molar-refractivity contribution in [3.8, 4) is 5.75 Å². The van der Waals surface area contributed by atoms with Crippen molar-refractivity contribution >= 4 is 15.9 Å². The molecule has 1 saturated heterocycles. The lowest BCUT2D eigenvalue weighted by Crippen LogP contribution is -2.44. The lowest BCUT2D eigenvalue weighted by Gasteiger charge is -2.31. The number of piperidine rings is 1.